The van der Waals surface area contributed by atoms with Crippen molar-refractivity contribution in [2.24, 2.45) is 5.92 Å². The van der Waals surface area contributed by atoms with Crippen molar-refractivity contribution in [3.8, 4) is 0 Å². The Kier molecular flexibility index (Phi) is 6.81. The Bertz CT molecular complexity index is 1220. The fourth-order valence-corrected chi connectivity index (χ4v) is 4.05. The van der Waals surface area contributed by atoms with Crippen molar-refractivity contribution in [3.63, 3.8) is 0 Å². The number of nitro groups is 1. The van der Waals surface area contributed by atoms with Gasteiger partial charge >= 0.3 is 11.7 Å². The highest BCUT2D eigenvalue weighted by Gasteiger charge is 2.32. The zero-order valence-electron chi connectivity index (χ0n) is 18.6. The van der Waals surface area contributed by atoms with Gasteiger partial charge in [-0.15, -0.1) is 0 Å². The summed E-state index contributed by atoms with van der Waals surface area (Å²) in [6, 6.07) is 12.8. The van der Waals surface area contributed by atoms with E-state index in [2.05, 4.69) is 20.8 Å². The molecule has 11 heteroatoms. The van der Waals surface area contributed by atoms with Crippen LogP contribution >= 0.6 is 0 Å². The molecule has 2 heterocycles. The van der Waals surface area contributed by atoms with E-state index in [-0.39, 0.29) is 29.2 Å². The molecule has 1 aliphatic rings. The van der Waals surface area contributed by atoms with Gasteiger partial charge in [-0.1, -0.05) is 36.4 Å². The number of aromatic nitrogens is 2. The Morgan fingerprint density at radius 3 is 2.62 bits per heavy atom. The molecule has 0 aliphatic carbocycles. The molecule has 4 rings (SSSR count). The van der Waals surface area contributed by atoms with Crippen LogP contribution in [0.4, 0.5) is 17.3 Å². The average molecular weight is 464 g/mol. The number of hydrazine groups is 1. The Morgan fingerprint density at radius 1 is 1.15 bits per heavy atom. The third-order valence-corrected chi connectivity index (χ3v) is 5.73. The first-order valence-corrected chi connectivity index (χ1v) is 10.9. The molecule has 2 aromatic carbocycles. The van der Waals surface area contributed by atoms with Crippen LogP contribution in [0.25, 0.3) is 10.8 Å². The van der Waals surface area contributed by atoms with Crippen molar-refractivity contribution in [2.45, 2.75) is 19.8 Å². The summed E-state index contributed by atoms with van der Waals surface area (Å²) < 4.78 is 5.08. The van der Waals surface area contributed by atoms with Crippen molar-refractivity contribution < 1.29 is 19.2 Å². The van der Waals surface area contributed by atoms with Crippen LogP contribution in [-0.2, 0) is 9.53 Å². The maximum absolute atomic E-state index is 12.8. The van der Waals surface area contributed by atoms with E-state index in [4.69, 9.17) is 4.74 Å². The molecule has 0 unspecified atom stereocenters. The second-order valence-corrected chi connectivity index (χ2v) is 7.77. The van der Waals surface area contributed by atoms with Gasteiger partial charge in [0.15, 0.2) is 0 Å². The number of benzene rings is 2. The highest BCUT2D eigenvalue weighted by molar-refractivity contribution is 6.07. The quantitative estimate of drug-likeness (QED) is 0.307. The summed E-state index contributed by atoms with van der Waals surface area (Å²) in [4.78, 5) is 46.0. The molecule has 11 nitrogen and oxygen atoms in total. The molecule has 176 valence electrons. The second-order valence-electron chi connectivity index (χ2n) is 7.77. The van der Waals surface area contributed by atoms with Crippen molar-refractivity contribution >= 4 is 40.0 Å². The van der Waals surface area contributed by atoms with E-state index in [0.717, 1.165) is 10.8 Å². The van der Waals surface area contributed by atoms with E-state index >= 15 is 0 Å². The van der Waals surface area contributed by atoms with Crippen LogP contribution in [0.3, 0.4) is 0 Å². The smallest absolute Gasteiger partial charge is 0.355 e. The molecule has 0 spiro atoms. The molecule has 0 bridgehead atoms. The third-order valence-electron chi connectivity index (χ3n) is 5.73. The summed E-state index contributed by atoms with van der Waals surface area (Å²) in [6.07, 6.45) is 2.20. The molecule has 1 fully saturated rings. The number of hydrogen-bond donors (Lipinski definition) is 2. The fourth-order valence-electron chi connectivity index (χ4n) is 4.05. The van der Waals surface area contributed by atoms with Crippen molar-refractivity contribution in [1.82, 2.24) is 15.4 Å². The zero-order chi connectivity index (χ0) is 24.1. The lowest BCUT2D eigenvalue weighted by Gasteiger charge is -2.31. The van der Waals surface area contributed by atoms with Gasteiger partial charge in [-0.05, 0) is 36.6 Å². The van der Waals surface area contributed by atoms with Gasteiger partial charge in [0.05, 0.1) is 17.4 Å². The number of esters is 1. The minimum absolute atomic E-state index is 0.129. The summed E-state index contributed by atoms with van der Waals surface area (Å²) in [7, 11) is 0. The van der Waals surface area contributed by atoms with E-state index in [1.165, 1.54) is 6.33 Å². The van der Waals surface area contributed by atoms with Crippen molar-refractivity contribution in [1.29, 1.82) is 0 Å². The van der Waals surface area contributed by atoms with Crippen LogP contribution in [0, 0.1) is 16.0 Å². The first kappa shape index (κ1) is 22.9. The summed E-state index contributed by atoms with van der Waals surface area (Å²) in [6.45, 7) is 2.88. The molecule has 0 saturated carbocycles. The largest absolute Gasteiger partial charge is 0.466 e. The number of anilines is 2. The summed E-state index contributed by atoms with van der Waals surface area (Å²) in [5, 5.41) is 13.6. The predicted octanol–water partition coefficient (Wildman–Crippen LogP) is 3.07. The molecule has 2 N–H and O–H groups in total. The van der Waals surface area contributed by atoms with E-state index in [9.17, 15) is 19.7 Å². The molecule has 34 heavy (non-hydrogen) atoms. The minimum Gasteiger partial charge on any atom is -0.466 e. The van der Waals surface area contributed by atoms with Gasteiger partial charge in [0.25, 0.3) is 5.91 Å². The maximum atomic E-state index is 12.8. The van der Waals surface area contributed by atoms with Crippen LogP contribution in [0.1, 0.15) is 30.1 Å². The topological polar surface area (TPSA) is 140 Å². The predicted molar refractivity (Wildman–Crippen MR) is 125 cm³/mol. The van der Waals surface area contributed by atoms with Gasteiger partial charge in [0, 0.05) is 18.7 Å². The molecule has 1 aliphatic heterocycles. The molecular weight excluding hydrogens is 440 g/mol. The average Bonchev–Trinajstić information content (AvgIpc) is 2.86. The summed E-state index contributed by atoms with van der Waals surface area (Å²) in [5.41, 5.74) is 5.16. The molecule has 3 aromatic rings. The number of carbonyl (C=O) groups is 2. The molecule has 1 aromatic heterocycles. The van der Waals surface area contributed by atoms with Crippen LogP contribution in [0.2, 0.25) is 0 Å². The first-order valence-electron chi connectivity index (χ1n) is 10.9. The van der Waals surface area contributed by atoms with Crippen molar-refractivity contribution in [3.05, 3.63) is 64.5 Å². The normalized spacial score (nSPS) is 14.0. The maximum Gasteiger partial charge on any atom is 0.355 e. The minimum atomic E-state index is -0.584. The Hall–Kier alpha value is -4.28. The van der Waals surface area contributed by atoms with Crippen LogP contribution < -0.4 is 15.8 Å². The van der Waals surface area contributed by atoms with Gasteiger partial charge in [-0.3, -0.25) is 30.6 Å². The second kappa shape index (κ2) is 10.1. The van der Waals surface area contributed by atoms with Crippen molar-refractivity contribution in [2.75, 3.05) is 30.0 Å². The van der Waals surface area contributed by atoms with Gasteiger partial charge in [0.1, 0.15) is 6.33 Å². The Balaban J connectivity index is 1.51. The summed E-state index contributed by atoms with van der Waals surface area (Å²) >= 11 is 0. The van der Waals surface area contributed by atoms with E-state index in [0.29, 0.717) is 38.1 Å². The van der Waals surface area contributed by atoms with Gasteiger partial charge < -0.3 is 9.64 Å². The van der Waals surface area contributed by atoms with Gasteiger partial charge in [-0.2, -0.15) is 0 Å². The standard InChI is InChI=1S/C23H24N6O5/c1-2-34-23(31)16-10-12-28(13-11-16)21-19(29(32)33)20(24-14-25-21)26-27-22(30)18-9-5-7-15-6-3-4-8-17(15)18/h3-9,14,16H,2,10-13H2,1H3,(H,27,30)(H,24,25,26). The lowest BCUT2D eigenvalue weighted by molar-refractivity contribution is -0.383. The van der Waals surface area contributed by atoms with Crippen LogP contribution in [0.5, 0.6) is 0 Å². The number of carbonyl (C=O) groups excluding carboxylic acids is 2. The number of fused-ring (bicyclic) bond motifs is 1. The number of hydrogen-bond acceptors (Lipinski definition) is 9. The molecule has 0 atom stereocenters. The molecule has 1 saturated heterocycles. The van der Waals surface area contributed by atoms with Gasteiger partial charge in [0.2, 0.25) is 11.6 Å². The number of rotatable bonds is 7. The SMILES string of the molecule is CCOC(=O)C1CCN(c2ncnc(NNC(=O)c3cccc4ccccc34)c2[N+](=O)[O-])CC1. The van der Waals surface area contributed by atoms with Crippen LogP contribution in [-0.4, -0.2) is 46.5 Å². The Labute approximate surface area is 195 Å². The van der Waals surface area contributed by atoms with E-state index < -0.39 is 10.8 Å². The lowest BCUT2D eigenvalue weighted by atomic mass is 9.97. The molecule has 0 radical (unpaired) electrons. The number of piperidine rings is 1. The molecular formula is C23H24N6O5. The summed E-state index contributed by atoms with van der Waals surface area (Å²) in [5.74, 6) is -0.950. The third kappa shape index (κ3) is 4.72. The zero-order valence-corrected chi connectivity index (χ0v) is 18.6. The lowest BCUT2D eigenvalue weighted by Crippen LogP contribution is -2.38. The number of nitrogens with zero attached hydrogens (tertiary/aromatic N) is 4. The number of nitrogens with one attached hydrogen (secondary N) is 2. The van der Waals surface area contributed by atoms with E-state index in [1.54, 1.807) is 24.0 Å². The monoisotopic (exact) mass is 464 g/mol. The first-order chi connectivity index (χ1) is 16.5. The number of ether oxygens (including phenoxy) is 1. The highest BCUT2D eigenvalue weighted by atomic mass is 16.6. The fraction of sp³-hybridized carbons (Fsp3) is 0.304. The van der Waals surface area contributed by atoms with E-state index in [1.807, 2.05) is 30.3 Å². The van der Waals surface area contributed by atoms with Crippen LogP contribution in [0.15, 0.2) is 48.8 Å². The van der Waals surface area contributed by atoms with Gasteiger partial charge in [-0.25, -0.2) is 9.97 Å². The highest BCUT2D eigenvalue weighted by Crippen LogP contribution is 2.34. The molecule has 1 amide bonds. The Morgan fingerprint density at radius 2 is 1.88 bits per heavy atom. The number of amides is 1.